The minimum absolute atomic E-state index is 0.00949. The van der Waals surface area contributed by atoms with Gasteiger partial charge in [0.15, 0.2) is 0 Å². The van der Waals surface area contributed by atoms with Crippen molar-refractivity contribution < 1.29 is 27.2 Å². The van der Waals surface area contributed by atoms with Crippen molar-refractivity contribution in [2.75, 3.05) is 19.4 Å². The molecule has 0 bridgehead atoms. The Morgan fingerprint density at radius 2 is 1.91 bits per heavy atom. The molecule has 0 atom stereocenters. The number of thiophene rings is 1. The highest BCUT2D eigenvalue weighted by Gasteiger charge is 2.30. The topological polar surface area (TPSA) is 106 Å². The number of carbonyl (C=O) groups is 2. The van der Waals surface area contributed by atoms with Gasteiger partial charge >= 0.3 is 5.97 Å². The van der Waals surface area contributed by atoms with Crippen molar-refractivity contribution in [3.05, 3.63) is 33.9 Å². The van der Waals surface area contributed by atoms with Crippen LogP contribution in [0.15, 0.2) is 21.6 Å². The van der Waals surface area contributed by atoms with Gasteiger partial charge in [0.1, 0.15) is 17.4 Å². The maximum atomic E-state index is 13.0. The number of nitrogens with one attached hydrogen (secondary N) is 1. The van der Waals surface area contributed by atoms with Gasteiger partial charge in [-0.2, -0.15) is 0 Å². The number of furan rings is 1. The molecular weight excluding hydrogens is 452 g/mol. The van der Waals surface area contributed by atoms with E-state index >= 15 is 0 Å². The van der Waals surface area contributed by atoms with Crippen molar-refractivity contribution >= 4 is 38.2 Å². The molecule has 0 aliphatic heterocycles. The molecule has 8 nitrogen and oxygen atoms in total. The number of amides is 1. The molecule has 32 heavy (non-hydrogen) atoms. The van der Waals surface area contributed by atoms with E-state index in [0.717, 1.165) is 59.7 Å². The lowest BCUT2D eigenvalue weighted by molar-refractivity contribution is -0.120. The van der Waals surface area contributed by atoms with Gasteiger partial charge in [-0.05, 0) is 49.8 Å². The molecule has 2 aromatic heterocycles. The van der Waals surface area contributed by atoms with Crippen LogP contribution in [-0.4, -0.2) is 38.7 Å². The Hall–Kier alpha value is -2.17. The summed E-state index contributed by atoms with van der Waals surface area (Å²) in [6.45, 7) is -0.192. The summed E-state index contributed by atoms with van der Waals surface area (Å²) in [5.74, 6) is -0.330. The number of hydrogen-bond donors (Lipinski definition) is 1. The van der Waals surface area contributed by atoms with Crippen LogP contribution in [0, 0.1) is 5.92 Å². The average molecular weight is 481 g/mol. The summed E-state index contributed by atoms with van der Waals surface area (Å²) < 4.78 is 36.2. The molecule has 174 valence electrons. The van der Waals surface area contributed by atoms with Crippen LogP contribution in [-0.2, 0) is 39.0 Å². The van der Waals surface area contributed by atoms with Crippen LogP contribution in [0.3, 0.4) is 0 Å². The van der Waals surface area contributed by atoms with Crippen LogP contribution >= 0.6 is 11.3 Å². The molecule has 2 aliphatic carbocycles. The molecule has 2 heterocycles. The van der Waals surface area contributed by atoms with Crippen molar-refractivity contribution in [3.8, 4) is 0 Å². The number of ether oxygens (including phenoxy) is 1. The third-order valence-electron chi connectivity index (χ3n) is 6.06. The Morgan fingerprint density at radius 1 is 1.16 bits per heavy atom. The van der Waals surface area contributed by atoms with Crippen molar-refractivity contribution in [2.24, 2.45) is 5.92 Å². The predicted octanol–water partition coefficient (Wildman–Crippen LogP) is 3.96. The van der Waals surface area contributed by atoms with Crippen LogP contribution in [0.1, 0.15) is 65.1 Å². The molecule has 10 heteroatoms. The first-order valence-corrected chi connectivity index (χ1v) is 13.2. The van der Waals surface area contributed by atoms with E-state index in [0.29, 0.717) is 10.6 Å². The molecule has 1 N–H and O–H groups in total. The first kappa shape index (κ1) is 23.0. The van der Waals surface area contributed by atoms with Crippen LogP contribution in [0.2, 0.25) is 0 Å². The zero-order valence-corrected chi connectivity index (χ0v) is 19.9. The monoisotopic (exact) mass is 480 g/mol. The highest BCUT2D eigenvalue weighted by atomic mass is 32.2. The standard InChI is InChI=1S/C22H28N2O6S2/c1-24(2)32(27,28)18-12-11-15(30-18)13-29-22(26)19-16-9-6-10-17(16)31-21(19)23-20(25)14-7-4-3-5-8-14/h11-12,14H,3-10,13H2,1-2H3,(H,23,25). The SMILES string of the molecule is CN(C)S(=O)(=O)c1ccc(COC(=O)c2c(NC(=O)C3CCCCC3)sc3c2CCC3)o1. The number of rotatable bonds is 7. The summed E-state index contributed by atoms with van der Waals surface area (Å²) in [6.07, 6.45) is 7.69. The van der Waals surface area contributed by atoms with Gasteiger partial charge in [-0.25, -0.2) is 17.5 Å². The van der Waals surface area contributed by atoms with E-state index in [1.54, 1.807) is 0 Å². The Labute approximate surface area is 192 Å². The quantitative estimate of drug-likeness (QED) is 0.602. The molecule has 0 unspecified atom stereocenters. The second-order valence-electron chi connectivity index (χ2n) is 8.47. The summed E-state index contributed by atoms with van der Waals surface area (Å²) in [7, 11) is -0.867. The lowest BCUT2D eigenvalue weighted by Gasteiger charge is -2.20. The van der Waals surface area contributed by atoms with Crippen LogP contribution in [0.25, 0.3) is 0 Å². The third-order valence-corrected chi connectivity index (χ3v) is 8.95. The lowest BCUT2D eigenvalue weighted by Crippen LogP contribution is -2.25. The number of sulfonamides is 1. The van der Waals surface area contributed by atoms with Crippen LogP contribution in [0.4, 0.5) is 5.00 Å². The maximum absolute atomic E-state index is 13.0. The minimum atomic E-state index is -3.70. The molecule has 4 rings (SSSR count). The first-order chi connectivity index (χ1) is 15.3. The summed E-state index contributed by atoms with van der Waals surface area (Å²) in [6, 6.07) is 2.82. The third kappa shape index (κ3) is 4.62. The number of carbonyl (C=O) groups excluding carboxylic acids is 2. The number of fused-ring (bicyclic) bond motifs is 1. The fourth-order valence-electron chi connectivity index (χ4n) is 4.25. The van der Waals surface area contributed by atoms with Gasteiger partial charge in [0.25, 0.3) is 10.0 Å². The summed E-state index contributed by atoms with van der Waals surface area (Å²) in [5.41, 5.74) is 1.38. The zero-order valence-electron chi connectivity index (χ0n) is 18.3. The molecule has 2 aromatic rings. The fourth-order valence-corrected chi connectivity index (χ4v) is 6.34. The van der Waals surface area contributed by atoms with E-state index in [4.69, 9.17) is 9.15 Å². The van der Waals surface area contributed by atoms with E-state index in [-0.39, 0.29) is 29.3 Å². The van der Waals surface area contributed by atoms with Gasteiger partial charge in [0, 0.05) is 24.9 Å². The van der Waals surface area contributed by atoms with E-state index in [1.807, 2.05) is 0 Å². The number of hydrogen-bond acceptors (Lipinski definition) is 7. The van der Waals surface area contributed by atoms with Gasteiger partial charge in [0.05, 0.1) is 5.56 Å². The molecule has 0 saturated heterocycles. The number of anilines is 1. The molecule has 0 aromatic carbocycles. The normalized spacial score (nSPS) is 16.8. The van der Waals surface area contributed by atoms with E-state index in [2.05, 4.69) is 5.32 Å². The van der Waals surface area contributed by atoms with Gasteiger partial charge in [-0.1, -0.05) is 19.3 Å². The Morgan fingerprint density at radius 3 is 2.62 bits per heavy atom. The number of aryl methyl sites for hydroxylation is 1. The smallest absolute Gasteiger partial charge is 0.341 e. The highest BCUT2D eigenvalue weighted by molar-refractivity contribution is 7.88. The summed E-state index contributed by atoms with van der Waals surface area (Å²) in [4.78, 5) is 26.9. The second-order valence-corrected chi connectivity index (χ2v) is 11.7. The van der Waals surface area contributed by atoms with E-state index in [1.165, 1.54) is 44.0 Å². The van der Waals surface area contributed by atoms with Gasteiger partial charge in [0.2, 0.25) is 11.0 Å². The van der Waals surface area contributed by atoms with Crippen LogP contribution < -0.4 is 5.32 Å². The molecular formula is C22H28N2O6S2. The van der Waals surface area contributed by atoms with Crippen molar-refractivity contribution in [2.45, 2.75) is 63.1 Å². The summed E-state index contributed by atoms with van der Waals surface area (Å²) >= 11 is 1.46. The first-order valence-electron chi connectivity index (χ1n) is 10.9. The average Bonchev–Trinajstić information content (AvgIpc) is 3.49. The predicted molar refractivity (Wildman–Crippen MR) is 120 cm³/mol. The lowest BCUT2D eigenvalue weighted by atomic mass is 9.89. The molecule has 0 spiro atoms. The molecule has 2 aliphatic rings. The largest absolute Gasteiger partial charge is 0.454 e. The van der Waals surface area contributed by atoms with Gasteiger partial charge in [-0.3, -0.25) is 4.79 Å². The Kier molecular flexibility index (Phi) is 6.73. The maximum Gasteiger partial charge on any atom is 0.341 e. The number of nitrogens with zero attached hydrogens (tertiary/aromatic N) is 1. The van der Waals surface area contributed by atoms with E-state index < -0.39 is 16.0 Å². The Balaban J connectivity index is 1.48. The van der Waals surface area contributed by atoms with Gasteiger partial charge < -0.3 is 14.5 Å². The molecule has 1 saturated carbocycles. The van der Waals surface area contributed by atoms with E-state index in [9.17, 15) is 18.0 Å². The van der Waals surface area contributed by atoms with Crippen molar-refractivity contribution in [1.29, 1.82) is 0 Å². The summed E-state index contributed by atoms with van der Waals surface area (Å²) in [5, 5.41) is 3.35. The second kappa shape index (κ2) is 9.36. The number of esters is 1. The zero-order chi connectivity index (χ0) is 22.9. The van der Waals surface area contributed by atoms with Crippen molar-refractivity contribution in [3.63, 3.8) is 0 Å². The highest BCUT2D eigenvalue weighted by Crippen LogP contribution is 2.40. The molecule has 0 radical (unpaired) electrons. The van der Waals surface area contributed by atoms with Crippen LogP contribution in [0.5, 0.6) is 0 Å². The minimum Gasteiger partial charge on any atom is -0.454 e. The van der Waals surface area contributed by atoms with Crippen molar-refractivity contribution in [1.82, 2.24) is 4.31 Å². The fraction of sp³-hybridized carbons (Fsp3) is 0.545. The molecule has 1 fully saturated rings. The van der Waals surface area contributed by atoms with Gasteiger partial charge in [-0.15, -0.1) is 11.3 Å². The molecule has 1 amide bonds. The Bertz CT molecular complexity index is 1110.